The Balaban J connectivity index is 1.67. The largest absolute Gasteiger partial charge is 0.324 e. The number of hydrogen-bond donors (Lipinski definition) is 2. The summed E-state index contributed by atoms with van der Waals surface area (Å²) in [5.41, 5.74) is 0.366. The number of fused-ring (bicyclic) bond motifs is 1. The van der Waals surface area contributed by atoms with Crippen molar-refractivity contribution < 1.29 is 4.79 Å². The zero-order valence-electron chi connectivity index (χ0n) is 11.1. The summed E-state index contributed by atoms with van der Waals surface area (Å²) < 4.78 is 0. The second kappa shape index (κ2) is 6.51. The number of carbonyl (C=O) groups is 1. The Morgan fingerprint density at radius 3 is 3.00 bits per heavy atom. The fraction of sp³-hybridized carbons (Fsp3) is 0.0714. The third kappa shape index (κ3) is 3.32. The molecule has 3 rings (SSSR count). The molecule has 0 saturated heterocycles. The highest BCUT2D eigenvalue weighted by Gasteiger charge is 2.09. The number of amides is 1. The van der Waals surface area contributed by atoms with E-state index in [-0.39, 0.29) is 17.2 Å². The molecule has 0 unspecified atom stereocenters. The van der Waals surface area contributed by atoms with Crippen LogP contribution in [0.2, 0.25) is 5.02 Å². The molecule has 2 heterocycles. The Labute approximate surface area is 138 Å². The number of nitrogens with zero attached hydrogens (tertiary/aromatic N) is 1. The normalized spacial score (nSPS) is 10.8. The van der Waals surface area contributed by atoms with Crippen molar-refractivity contribution in [3.8, 4) is 0 Å². The highest BCUT2D eigenvalue weighted by atomic mass is 35.5. The molecule has 0 radical (unpaired) electrons. The van der Waals surface area contributed by atoms with Crippen LogP contribution < -0.4 is 10.9 Å². The van der Waals surface area contributed by atoms with Gasteiger partial charge in [-0.25, -0.2) is 4.98 Å². The van der Waals surface area contributed by atoms with Crippen LogP contribution in [0.4, 0.5) is 5.69 Å². The van der Waals surface area contributed by atoms with Gasteiger partial charge in [0.15, 0.2) is 5.16 Å². The summed E-state index contributed by atoms with van der Waals surface area (Å²) in [4.78, 5) is 31.4. The minimum atomic E-state index is -0.216. The minimum absolute atomic E-state index is 0.130. The smallest absolute Gasteiger partial charge is 0.260 e. The molecule has 8 heteroatoms. The maximum absolute atomic E-state index is 11.9. The summed E-state index contributed by atoms with van der Waals surface area (Å²) in [7, 11) is 0. The summed E-state index contributed by atoms with van der Waals surface area (Å²) in [5, 5.41) is 6.00. The fourth-order valence-electron chi connectivity index (χ4n) is 1.80. The molecule has 1 aromatic carbocycles. The van der Waals surface area contributed by atoms with Crippen LogP contribution in [0.25, 0.3) is 10.2 Å². The van der Waals surface area contributed by atoms with Crippen molar-refractivity contribution >= 4 is 56.5 Å². The van der Waals surface area contributed by atoms with Gasteiger partial charge < -0.3 is 10.3 Å². The molecule has 1 amide bonds. The van der Waals surface area contributed by atoms with Crippen molar-refractivity contribution in [3.05, 3.63) is 51.1 Å². The molecule has 22 heavy (non-hydrogen) atoms. The van der Waals surface area contributed by atoms with Crippen molar-refractivity contribution in [1.29, 1.82) is 0 Å². The lowest BCUT2D eigenvalue weighted by Gasteiger charge is -2.06. The Morgan fingerprint density at radius 2 is 2.18 bits per heavy atom. The lowest BCUT2D eigenvalue weighted by Crippen LogP contribution is -2.15. The van der Waals surface area contributed by atoms with Crippen molar-refractivity contribution in [2.75, 3.05) is 11.1 Å². The van der Waals surface area contributed by atoms with Crippen LogP contribution in [0.1, 0.15) is 0 Å². The molecular weight excluding hydrogens is 342 g/mol. The number of aromatic nitrogens is 2. The van der Waals surface area contributed by atoms with Crippen LogP contribution in [-0.4, -0.2) is 21.6 Å². The van der Waals surface area contributed by atoms with Gasteiger partial charge in [-0.3, -0.25) is 9.59 Å². The van der Waals surface area contributed by atoms with E-state index in [2.05, 4.69) is 15.3 Å². The fourth-order valence-corrected chi connectivity index (χ4v) is 3.46. The van der Waals surface area contributed by atoms with E-state index in [0.717, 1.165) is 0 Å². The molecule has 0 bridgehead atoms. The summed E-state index contributed by atoms with van der Waals surface area (Å²) >= 11 is 8.54. The van der Waals surface area contributed by atoms with E-state index in [1.165, 1.54) is 23.1 Å². The predicted molar refractivity (Wildman–Crippen MR) is 91.0 cm³/mol. The zero-order chi connectivity index (χ0) is 15.5. The van der Waals surface area contributed by atoms with Crippen LogP contribution in [0.3, 0.4) is 0 Å². The SMILES string of the molecule is O=C(CSc1nc2sccc2c(=O)[nH]1)Nc1ccccc1Cl. The molecule has 2 N–H and O–H groups in total. The van der Waals surface area contributed by atoms with Crippen molar-refractivity contribution in [2.24, 2.45) is 0 Å². The Kier molecular flexibility index (Phi) is 4.47. The number of aromatic amines is 1. The highest BCUT2D eigenvalue weighted by Crippen LogP contribution is 2.22. The summed E-state index contributed by atoms with van der Waals surface area (Å²) in [5.74, 6) is -0.0857. The zero-order valence-corrected chi connectivity index (χ0v) is 13.5. The number of rotatable bonds is 4. The number of anilines is 1. The van der Waals surface area contributed by atoms with E-state index < -0.39 is 0 Å². The van der Waals surface area contributed by atoms with Gasteiger partial charge in [0.25, 0.3) is 5.56 Å². The molecule has 0 aliphatic rings. The second-order valence-corrected chi connectivity index (χ2v) is 6.59. The van der Waals surface area contributed by atoms with E-state index in [0.29, 0.717) is 26.1 Å². The quantitative estimate of drug-likeness (QED) is 0.558. The number of thioether (sulfide) groups is 1. The molecule has 0 fully saturated rings. The van der Waals surface area contributed by atoms with Gasteiger partial charge in [-0.15, -0.1) is 11.3 Å². The molecule has 0 saturated carbocycles. The molecular formula is C14H10ClN3O2S2. The van der Waals surface area contributed by atoms with Crippen LogP contribution in [0.15, 0.2) is 45.7 Å². The number of carbonyl (C=O) groups excluding carboxylic acids is 1. The molecule has 0 aliphatic carbocycles. The molecule has 0 atom stereocenters. The van der Waals surface area contributed by atoms with Gasteiger partial charge >= 0.3 is 0 Å². The standard InChI is InChI=1S/C14H10ClN3O2S2/c15-9-3-1-2-4-10(9)16-11(19)7-22-14-17-12(20)8-5-6-21-13(8)18-14/h1-6H,7H2,(H,16,19)(H,17,18,20). The number of halogens is 1. The Morgan fingerprint density at radius 1 is 1.36 bits per heavy atom. The first kappa shape index (κ1) is 15.1. The number of H-pyrrole nitrogens is 1. The molecule has 112 valence electrons. The molecule has 2 aromatic heterocycles. The first-order chi connectivity index (χ1) is 10.6. The maximum atomic E-state index is 11.9. The van der Waals surface area contributed by atoms with E-state index in [4.69, 9.17) is 11.6 Å². The summed E-state index contributed by atoms with van der Waals surface area (Å²) in [6.07, 6.45) is 0. The van der Waals surface area contributed by atoms with E-state index in [1.807, 2.05) is 5.38 Å². The molecule has 0 aliphatic heterocycles. The first-order valence-electron chi connectivity index (χ1n) is 6.28. The van der Waals surface area contributed by atoms with Crippen molar-refractivity contribution in [1.82, 2.24) is 9.97 Å². The highest BCUT2D eigenvalue weighted by molar-refractivity contribution is 7.99. The lowest BCUT2D eigenvalue weighted by molar-refractivity contribution is -0.113. The molecule has 0 spiro atoms. The summed E-state index contributed by atoms with van der Waals surface area (Å²) in [6, 6.07) is 8.73. The average molecular weight is 352 g/mol. The number of para-hydroxylation sites is 1. The van der Waals surface area contributed by atoms with Gasteiger partial charge in [0.05, 0.1) is 21.8 Å². The van der Waals surface area contributed by atoms with E-state index >= 15 is 0 Å². The van der Waals surface area contributed by atoms with Crippen LogP contribution in [0, 0.1) is 0 Å². The predicted octanol–water partition coefficient (Wildman–Crippen LogP) is 3.37. The van der Waals surface area contributed by atoms with E-state index in [1.54, 1.807) is 30.3 Å². The Bertz CT molecular complexity index is 891. The minimum Gasteiger partial charge on any atom is -0.324 e. The summed E-state index contributed by atoms with van der Waals surface area (Å²) in [6.45, 7) is 0. The lowest BCUT2D eigenvalue weighted by atomic mass is 10.3. The second-order valence-electron chi connectivity index (χ2n) is 4.33. The number of nitrogens with one attached hydrogen (secondary N) is 2. The first-order valence-corrected chi connectivity index (χ1v) is 8.52. The van der Waals surface area contributed by atoms with Gasteiger partial charge in [0.2, 0.25) is 5.91 Å². The Hall–Kier alpha value is -1.83. The van der Waals surface area contributed by atoms with Gasteiger partial charge in [-0.2, -0.15) is 0 Å². The molecule has 3 aromatic rings. The maximum Gasteiger partial charge on any atom is 0.260 e. The van der Waals surface area contributed by atoms with Gasteiger partial charge in [-0.05, 0) is 23.6 Å². The van der Waals surface area contributed by atoms with E-state index in [9.17, 15) is 9.59 Å². The van der Waals surface area contributed by atoms with Crippen LogP contribution in [0.5, 0.6) is 0 Å². The third-order valence-electron chi connectivity index (χ3n) is 2.80. The van der Waals surface area contributed by atoms with Gasteiger partial charge in [0.1, 0.15) is 4.83 Å². The molecule has 5 nitrogen and oxygen atoms in total. The number of hydrogen-bond acceptors (Lipinski definition) is 5. The van der Waals surface area contributed by atoms with Crippen molar-refractivity contribution in [3.63, 3.8) is 0 Å². The van der Waals surface area contributed by atoms with Crippen molar-refractivity contribution in [2.45, 2.75) is 5.16 Å². The number of benzene rings is 1. The average Bonchev–Trinajstić information content (AvgIpc) is 2.97. The van der Waals surface area contributed by atoms with Crippen LogP contribution >= 0.6 is 34.7 Å². The van der Waals surface area contributed by atoms with Gasteiger partial charge in [0, 0.05) is 0 Å². The topological polar surface area (TPSA) is 74.8 Å². The third-order valence-corrected chi connectivity index (χ3v) is 4.81. The monoisotopic (exact) mass is 351 g/mol. The number of thiophene rings is 1. The van der Waals surface area contributed by atoms with Gasteiger partial charge in [-0.1, -0.05) is 35.5 Å². The van der Waals surface area contributed by atoms with Crippen LogP contribution in [-0.2, 0) is 4.79 Å².